The number of hydroxylamine groups is 1. The van der Waals surface area contributed by atoms with Crippen molar-refractivity contribution < 1.29 is 24.3 Å². The lowest BCUT2D eigenvalue weighted by atomic mass is 9.80. The molecule has 0 aliphatic heterocycles. The van der Waals surface area contributed by atoms with Crippen molar-refractivity contribution in [2.45, 2.75) is 65.8 Å². The van der Waals surface area contributed by atoms with E-state index in [1.54, 1.807) is 5.48 Å². The molecule has 1 fully saturated rings. The van der Waals surface area contributed by atoms with Gasteiger partial charge in [0.1, 0.15) is 12.3 Å². The van der Waals surface area contributed by atoms with Crippen molar-refractivity contribution in [3.63, 3.8) is 0 Å². The van der Waals surface area contributed by atoms with Crippen LogP contribution in [0.1, 0.15) is 63.1 Å². The molecule has 45 heavy (non-hydrogen) atoms. The lowest BCUT2D eigenvalue weighted by molar-refractivity contribution is -0.138. The van der Waals surface area contributed by atoms with Crippen LogP contribution in [0.4, 0.5) is 0 Å². The molecule has 4 rings (SSSR count). The van der Waals surface area contributed by atoms with E-state index < -0.39 is 22.8 Å². The number of aryl methyl sites for hydroxylation is 2. The second kappa shape index (κ2) is 14.6. The van der Waals surface area contributed by atoms with E-state index in [1.807, 2.05) is 69.3 Å². The molecule has 0 bridgehead atoms. The first-order chi connectivity index (χ1) is 21.5. The van der Waals surface area contributed by atoms with Gasteiger partial charge in [0.15, 0.2) is 0 Å². The summed E-state index contributed by atoms with van der Waals surface area (Å²) >= 11 is 0. The first-order valence-electron chi connectivity index (χ1n) is 15.5. The molecule has 3 atom stereocenters. The van der Waals surface area contributed by atoms with Crippen molar-refractivity contribution in [1.29, 1.82) is 0 Å². The summed E-state index contributed by atoms with van der Waals surface area (Å²) in [6, 6.07) is 25.1. The minimum atomic E-state index is -1.02. The van der Waals surface area contributed by atoms with Gasteiger partial charge in [-0.05, 0) is 66.2 Å². The highest BCUT2D eigenvalue weighted by Gasteiger charge is 2.60. The Hall–Kier alpha value is -4.43. The van der Waals surface area contributed by atoms with Crippen LogP contribution in [-0.4, -0.2) is 36.1 Å². The molecule has 2 unspecified atom stereocenters. The molecule has 8 nitrogen and oxygen atoms in total. The third kappa shape index (κ3) is 8.00. The molecule has 4 N–H and O–H groups in total. The fourth-order valence-electron chi connectivity index (χ4n) is 6.03. The van der Waals surface area contributed by atoms with E-state index >= 15 is 0 Å². The quantitative estimate of drug-likeness (QED) is 0.0987. The lowest BCUT2D eigenvalue weighted by Crippen LogP contribution is -2.56. The molecule has 0 saturated heterocycles. The normalized spacial score (nSPS) is 18.4. The number of rotatable bonds is 14. The molecular formula is C37H45N3O5. The summed E-state index contributed by atoms with van der Waals surface area (Å²) in [6.45, 7) is 7.92. The van der Waals surface area contributed by atoms with Crippen LogP contribution in [0.2, 0.25) is 0 Å². The highest BCUT2D eigenvalue weighted by Crippen LogP contribution is 2.58. The van der Waals surface area contributed by atoms with Gasteiger partial charge >= 0.3 is 0 Å². The Morgan fingerprint density at radius 2 is 1.71 bits per heavy atom. The van der Waals surface area contributed by atoms with Crippen molar-refractivity contribution in [3.05, 3.63) is 102 Å². The van der Waals surface area contributed by atoms with Crippen LogP contribution in [0.25, 0.3) is 16.8 Å². The number of nitrogens with one attached hydrogen (secondary N) is 3. The first-order valence-corrected chi connectivity index (χ1v) is 15.5. The number of carbonyl (C=O) groups excluding carboxylic acids is 3. The van der Waals surface area contributed by atoms with Crippen LogP contribution >= 0.6 is 0 Å². The van der Waals surface area contributed by atoms with E-state index in [0.29, 0.717) is 25.0 Å². The van der Waals surface area contributed by atoms with Crippen LogP contribution in [0.15, 0.2) is 85.1 Å². The van der Waals surface area contributed by atoms with Gasteiger partial charge in [0.2, 0.25) is 17.7 Å². The van der Waals surface area contributed by atoms with Gasteiger partial charge in [0.05, 0.1) is 18.2 Å². The molecule has 0 spiro atoms. The predicted molar refractivity (Wildman–Crippen MR) is 176 cm³/mol. The van der Waals surface area contributed by atoms with Crippen molar-refractivity contribution in [2.75, 3.05) is 7.11 Å². The van der Waals surface area contributed by atoms with E-state index in [4.69, 9.17) is 4.74 Å². The van der Waals surface area contributed by atoms with Crippen LogP contribution in [0, 0.1) is 23.7 Å². The molecule has 1 aliphatic rings. The first kappa shape index (κ1) is 33.5. The number of methoxy groups -OCH3 is 1. The summed E-state index contributed by atoms with van der Waals surface area (Å²) in [7, 11) is 1.51. The molecule has 0 aromatic heterocycles. The van der Waals surface area contributed by atoms with Gasteiger partial charge in [-0.15, -0.1) is 0 Å². The van der Waals surface area contributed by atoms with Crippen LogP contribution in [0.3, 0.4) is 0 Å². The third-order valence-corrected chi connectivity index (χ3v) is 9.25. The van der Waals surface area contributed by atoms with Gasteiger partial charge in [-0.2, -0.15) is 0 Å². The molecule has 0 radical (unpaired) electrons. The molecule has 0 heterocycles. The largest absolute Gasteiger partial charge is 0.502 e. The smallest absolute Gasteiger partial charge is 0.247 e. The third-order valence-electron chi connectivity index (χ3n) is 9.25. The average molecular weight is 612 g/mol. The predicted octanol–water partition coefficient (Wildman–Crippen LogP) is 6.18. The topological polar surface area (TPSA) is 117 Å². The number of carbonyl (C=O) groups is 3. The Labute approximate surface area is 266 Å². The molecule has 3 aromatic carbocycles. The Morgan fingerprint density at radius 1 is 1.04 bits per heavy atom. The maximum absolute atomic E-state index is 14.0. The molecule has 238 valence electrons. The van der Waals surface area contributed by atoms with Gasteiger partial charge in [-0.25, -0.2) is 5.48 Å². The SMILES string of the molecule is CCC(C)(C)[C@H](NC(=O)C1(CC(=O)NO)CC1CCc1ccc(-c2ccccc2)c(C)c1)C(=O)N/C(=C/OC)c1ccccc1. The van der Waals surface area contributed by atoms with Crippen molar-refractivity contribution in [1.82, 2.24) is 16.1 Å². The second-order valence-electron chi connectivity index (χ2n) is 12.7. The Morgan fingerprint density at radius 3 is 2.31 bits per heavy atom. The summed E-state index contributed by atoms with van der Waals surface area (Å²) < 4.78 is 5.23. The summed E-state index contributed by atoms with van der Waals surface area (Å²) in [4.78, 5) is 40.2. The summed E-state index contributed by atoms with van der Waals surface area (Å²) in [5.74, 6) is -1.44. The zero-order valence-corrected chi connectivity index (χ0v) is 26.9. The van der Waals surface area contributed by atoms with Crippen molar-refractivity contribution >= 4 is 23.4 Å². The maximum Gasteiger partial charge on any atom is 0.247 e. The van der Waals surface area contributed by atoms with E-state index in [0.717, 1.165) is 23.1 Å². The average Bonchev–Trinajstić information content (AvgIpc) is 3.76. The van der Waals surface area contributed by atoms with E-state index in [1.165, 1.54) is 24.5 Å². The van der Waals surface area contributed by atoms with Crippen LogP contribution < -0.4 is 16.1 Å². The molecule has 1 saturated carbocycles. The maximum atomic E-state index is 14.0. The summed E-state index contributed by atoms with van der Waals surface area (Å²) in [6.07, 6.45) is 3.84. The molecular weight excluding hydrogens is 566 g/mol. The number of hydrogen-bond acceptors (Lipinski definition) is 5. The monoisotopic (exact) mass is 611 g/mol. The van der Waals surface area contributed by atoms with Crippen molar-refractivity contribution in [3.8, 4) is 11.1 Å². The molecule has 3 aromatic rings. The van der Waals surface area contributed by atoms with Crippen molar-refractivity contribution in [2.24, 2.45) is 16.7 Å². The van der Waals surface area contributed by atoms with Crippen LogP contribution in [0.5, 0.6) is 0 Å². The number of benzene rings is 3. The summed E-state index contributed by atoms with van der Waals surface area (Å²) in [5, 5.41) is 15.3. The number of hydrogen-bond donors (Lipinski definition) is 4. The number of ether oxygens (including phenoxy) is 1. The molecule has 3 amide bonds. The van der Waals surface area contributed by atoms with Gasteiger partial charge in [-0.3, -0.25) is 19.6 Å². The fraction of sp³-hybridized carbons (Fsp3) is 0.378. The zero-order chi connectivity index (χ0) is 32.6. The van der Waals surface area contributed by atoms with Gasteiger partial charge in [0.25, 0.3) is 0 Å². The van der Waals surface area contributed by atoms with Gasteiger partial charge < -0.3 is 15.4 Å². The Balaban J connectivity index is 1.51. The minimum absolute atomic E-state index is 0.0781. The summed E-state index contributed by atoms with van der Waals surface area (Å²) in [5.41, 5.74) is 5.99. The number of amides is 3. The molecule has 8 heteroatoms. The fourth-order valence-corrected chi connectivity index (χ4v) is 6.03. The highest BCUT2D eigenvalue weighted by atomic mass is 16.5. The minimum Gasteiger partial charge on any atom is -0.502 e. The Bertz CT molecular complexity index is 1520. The highest BCUT2D eigenvalue weighted by molar-refractivity contribution is 5.97. The second-order valence-corrected chi connectivity index (χ2v) is 12.7. The zero-order valence-electron chi connectivity index (χ0n) is 26.9. The van der Waals surface area contributed by atoms with E-state index in [-0.39, 0.29) is 24.2 Å². The van der Waals surface area contributed by atoms with E-state index in [2.05, 4.69) is 47.9 Å². The van der Waals surface area contributed by atoms with Gasteiger partial charge in [-0.1, -0.05) is 99.6 Å². The lowest BCUT2D eigenvalue weighted by Gasteiger charge is -2.34. The van der Waals surface area contributed by atoms with Gasteiger partial charge in [0, 0.05) is 12.0 Å². The standard InChI is InChI=1S/C37H45N3O5/c1-6-36(3,4)33(34(42)38-31(24-45-5)28-15-11-8-12-16-28)39-35(43)37(23-32(41)40-44)22-29(37)19-17-26-18-20-30(25(2)21-26)27-13-9-7-10-14-27/h7-16,18,20-21,24,29,33,44H,6,17,19,22-23H2,1-5H3,(H,38,42)(H,39,43)(H,40,41)/b31-24+/t29?,33-,37?/m1/s1. The van der Waals surface area contributed by atoms with E-state index in [9.17, 15) is 19.6 Å². The van der Waals surface area contributed by atoms with Crippen LogP contribution in [-0.2, 0) is 25.5 Å². The Kier molecular flexibility index (Phi) is 10.8. The molecule has 1 aliphatic carbocycles.